The van der Waals surface area contributed by atoms with E-state index in [9.17, 15) is 4.79 Å². The van der Waals surface area contributed by atoms with E-state index in [4.69, 9.17) is 4.74 Å². The molecule has 1 N–H and O–H groups in total. The highest BCUT2D eigenvalue weighted by atomic mass is 16.6. The fraction of sp³-hybridized carbons (Fsp3) is 0.909. The van der Waals surface area contributed by atoms with Crippen LogP contribution in [0.4, 0.5) is 4.79 Å². The van der Waals surface area contributed by atoms with E-state index in [1.165, 1.54) is 19.3 Å². The first kappa shape index (κ1) is 10.7. The lowest BCUT2D eigenvalue weighted by Crippen LogP contribution is -2.29. The van der Waals surface area contributed by atoms with Crippen molar-refractivity contribution in [2.45, 2.75) is 25.7 Å². The number of rotatable bonds is 4. The monoisotopic (exact) mass is 212 g/mol. The fourth-order valence-electron chi connectivity index (χ4n) is 2.37. The third-order valence-corrected chi connectivity index (χ3v) is 3.34. The van der Waals surface area contributed by atoms with Crippen molar-refractivity contribution in [3.8, 4) is 0 Å². The summed E-state index contributed by atoms with van der Waals surface area (Å²) in [5.74, 6) is 0.866. The molecule has 0 aromatic rings. The molecule has 2 heterocycles. The van der Waals surface area contributed by atoms with Crippen LogP contribution >= 0.6 is 0 Å². The van der Waals surface area contributed by atoms with Crippen molar-refractivity contribution in [1.29, 1.82) is 0 Å². The van der Waals surface area contributed by atoms with Gasteiger partial charge in [0, 0.05) is 6.54 Å². The molecule has 4 heteroatoms. The molecule has 86 valence electrons. The maximum atomic E-state index is 11.2. The second kappa shape index (κ2) is 5.35. The highest BCUT2D eigenvalue weighted by Gasteiger charge is 2.21. The lowest BCUT2D eigenvalue weighted by molar-refractivity contribution is 0.157. The number of amides is 1. The lowest BCUT2D eigenvalue weighted by atomic mass is 9.93. The van der Waals surface area contributed by atoms with Gasteiger partial charge in [-0.2, -0.15) is 0 Å². The predicted molar refractivity (Wildman–Crippen MR) is 57.7 cm³/mol. The van der Waals surface area contributed by atoms with Gasteiger partial charge in [-0.15, -0.1) is 0 Å². The molecule has 15 heavy (non-hydrogen) atoms. The van der Waals surface area contributed by atoms with Crippen molar-refractivity contribution in [3.05, 3.63) is 0 Å². The Kier molecular flexibility index (Phi) is 3.83. The van der Waals surface area contributed by atoms with Gasteiger partial charge in [-0.1, -0.05) is 0 Å². The largest absolute Gasteiger partial charge is 0.448 e. The SMILES string of the molecule is O=C1OCCN1CCCC1CCNCC1. The number of hydrogen-bond acceptors (Lipinski definition) is 3. The number of hydrogen-bond donors (Lipinski definition) is 1. The van der Waals surface area contributed by atoms with Crippen LogP contribution in [0.5, 0.6) is 0 Å². The predicted octanol–water partition coefficient (Wildman–Crippen LogP) is 1.22. The summed E-state index contributed by atoms with van der Waals surface area (Å²) in [4.78, 5) is 13.0. The molecule has 0 unspecified atom stereocenters. The Labute approximate surface area is 91.0 Å². The Morgan fingerprint density at radius 1 is 1.40 bits per heavy atom. The van der Waals surface area contributed by atoms with E-state index < -0.39 is 0 Å². The summed E-state index contributed by atoms with van der Waals surface area (Å²) in [5.41, 5.74) is 0. The van der Waals surface area contributed by atoms with Crippen LogP contribution < -0.4 is 5.32 Å². The molecule has 1 amide bonds. The Morgan fingerprint density at radius 3 is 2.87 bits per heavy atom. The number of cyclic esters (lactones) is 1. The Hall–Kier alpha value is -0.770. The molecule has 0 spiro atoms. The van der Waals surface area contributed by atoms with Gasteiger partial charge in [0.15, 0.2) is 0 Å². The van der Waals surface area contributed by atoms with Crippen molar-refractivity contribution in [2.75, 3.05) is 32.8 Å². The number of piperidine rings is 1. The third kappa shape index (κ3) is 3.09. The molecular weight excluding hydrogens is 192 g/mol. The van der Waals surface area contributed by atoms with Crippen LogP contribution in [-0.2, 0) is 4.74 Å². The highest BCUT2D eigenvalue weighted by molar-refractivity contribution is 5.69. The van der Waals surface area contributed by atoms with E-state index in [1.807, 2.05) is 4.90 Å². The van der Waals surface area contributed by atoms with Gasteiger partial charge in [0.2, 0.25) is 0 Å². The molecule has 0 aromatic carbocycles. The maximum Gasteiger partial charge on any atom is 0.409 e. The first-order chi connectivity index (χ1) is 7.36. The van der Waals surface area contributed by atoms with Crippen LogP contribution in [0.15, 0.2) is 0 Å². The van der Waals surface area contributed by atoms with Gasteiger partial charge in [-0.3, -0.25) is 0 Å². The van der Waals surface area contributed by atoms with Gasteiger partial charge in [-0.25, -0.2) is 4.79 Å². The Balaban J connectivity index is 1.59. The summed E-state index contributed by atoms with van der Waals surface area (Å²) in [7, 11) is 0. The van der Waals surface area contributed by atoms with E-state index in [0.29, 0.717) is 6.61 Å². The first-order valence-electron chi connectivity index (χ1n) is 5.98. The molecule has 2 rings (SSSR count). The summed E-state index contributed by atoms with van der Waals surface area (Å²) >= 11 is 0. The molecule has 0 saturated carbocycles. The minimum atomic E-state index is -0.125. The van der Waals surface area contributed by atoms with Crippen LogP contribution in [0.3, 0.4) is 0 Å². The zero-order valence-corrected chi connectivity index (χ0v) is 9.21. The van der Waals surface area contributed by atoms with Crippen molar-refractivity contribution >= 4 is 6.09 Å². The summed E-state index contributed by atoms with van der Waals surface area (Å²) in [6.07, 6.45) is 4.85. The molecule has 4 nitrogen and oxygen atoms in total. The fourth-order valence-corrected chi connectivity index (χ4v) is 2.37. The second-order valence-corrected chi connectivity index (χ2v) is 4.44. The van der Waals surface area contributed by atoms with E-state index in [0.717, 1.165) is 38.5 Å². The van der Waals surface area contributed by atoms with Gasteiger partial charge in [0.1, 0.15) is 6.61 Å². The van der Waals surface area contributed by atoms with Crippen molar-refractivity contribution in [2.24, 2.45) is 5.92 Å². The zero-order valence-electron chi connectivity index (χ0n) is 9.21. The van der Waals surface area contributed by atoms with Crippen LogP contribution in [-0.4, -0.2) is 43.8 Å². The molecule has 2 aliphatic rings. The maximum absolute atomic E-state index is 11.2. The van der Waals surface area contributed by atoms with Crippen LogP contribution in [0, 0.1) is 5.92 Å². The van der Waals surface area contributed by atoms with Gasteiger partial charge in [0.05, 0.1) is 6.54 Å². The van der Waals surface area contributed by atoms with Crippen LogP contribution in [0.1, 0.15) is 25.7 Å². The zero-order chi connectivity index (χ0) is 10.5. The highest BCUT2D eigenvalue weighted by Crippen LogP contribution is 2.18. The Bertz CT molecular complexity index is 215. The topological polar surface area (TPSA) is 41.6 Å². The van der Waals surface area contributed by atoms with Gasteiger partial charge < -0.3 is 15.0 Å². The molecular formula is C11H20N2O2. The number of ether oxygens (including phenoxy) is 1. The minimum absolute atomic E-state index is 0.125. The average molecular weight is 212 g/mol. The lowest BCUT2D eigenvalue weighted by Gasteiger charge is -2.23. The molecule has 0 aliphatic carbocycles. The van der Waals surface area contributed by atoms with Crippen molar-refractivity contribution < 1.29 is 9.53 Å². The van der Waals surface area contributed by atoms with Crippen LogP contribution in [0.2, 0.25) is 0 Å². The van der Waals surface area contributed by atoms with Gasteiger partial charge in [0.25, 0.3) is 0 Å². The minimum Gasteiger partial charge on any atom is -0.448 e. The van der Waals surface area contributed by atoms with Crippen molar-refractivity contribution in [3.63, 3.8) is 0 Å². The number of carbonyl (C=O) groups excluding carboxylic acids is 1. The molecule has 0 bridgehead atoms. The molecule has 2 saturated heterocycles. The quantitative estimate of drug-likeness (QED) is 0.761. The number of nitrogens with one attached hydrogen (secondary N) is 1. The smallest absolute Gasteiger partial charge is 0.409 e. The molecule has 0 radical (unpaired) electrons. The number of nitrogens with zero attached hydrogens (tertiary/aromatic N) is 1. The summed E-state index contributed by atoms with van der Waals surface area (Å²) in [5, 5.41) is 3.37. The van der Waals surface area contributed by atoms with Crippen molar-refractivity contribution in [1.82, 2.24) is 10.2 Å². The van der Waals surface area contributed by atoms with Gasteiger partial charge in [-0.05, 0) is 44.7 Å². The normalized spacial score (nSPS) is 23.2. The number of carbonyl (C=O) groups is 1. The molecule has 0 aromatic heterocycles. The Morgan fingerprint density at radius 2 is 2.20 bits per heavy atom. The summed E-state index contributed by atoms with van der Waals surface area (Å²) < 4.78 is 4.88. The summed E-state index contributed by atoms with van der Waals surface area (Å²) in [6, 6.07) is 0. The van der Waals surface area contributed by atoms with E-state index in [-0.39, 0.29) is 6.09 Å². The molecule has 2 fully saturated rings. The molecule has 2 aliphatic heterocycles. The third-order valence-electron chi connectivity index (χ3n) is 3.34. The molecule has 0 atom stereocenters. The van der Waals surface area contributed by atoms with E-state index >= 15 is 0 Å². The standard InChI is InChI=1S/C11H20N2O2/c14-11-13(8-9-15-11)7-1-2-10-3-5-12-6-4-10/h10,12H,1-9H2. The second-order valence-electron chi connectivity index (χ2n) is 4.44. The van der Waals surface area contributed by atoms with E-state index in [1.54, 1.807) is 0 Å². The van der Waals surface area contributed by atoms with Gasteiger partial charge >= 0.3 is 6.09 Å². The summed E-state index contributed by atoms with van der Waals surface area (Å²) in [6.45, 7) is 4.56. The average Bonchev–Trinajstić information content (AvgIpc) is 2.66. The van der Waals surface area contributed by atoms with E-state index in [2.05, 4.69) is 5.32 Å². The first-order valence-corrected chi connectivity index (χ1v) is 5.98. The van der Waals surface area contributed by atoms with Crippen LogP contribution in [0.25, 0.3) is 0 Å².